The largest absolute Gasteiger partial charge is 0.295 e. The lowest BCUT2D eigenvalue weighted by Gasteiger charge is -2.36. The minimum atomic E-state index is 0.215. The molecule has 16 heavy (non-hydrogen) atoms. The van der Waals surface area contributed by atoms with Gasteiger partial charge in [-0.1, -0.05) is 38.5 Å². The van der Waals surface area contributed by atoms with E-state index in [1.807, 2.05) is 6.08 Å². The third-order valence-corrected chi connectivity index (χ3v) is 4.76. The number of carbonyl (C=O) groups is 1. The molecule has 2 aliphatic rings. The summed E-state index contributed by atoms with van der Waals surface area (Å²) in [6.45, 7) is 8.97. The zero-order chi connectivity index (χ0) is 11.9. The molecular weight excluding hydrogens is 196 g/mol. The van der Waals surface area contributed by atoms with Crippen molar-refractivity contribution in [1.29, 1.82) is 0 Å². The fourth-order valence-corrected chi connectivity index (χ4v) is 3.15. The maximum atomic E-state index is 11.5. The highest BCUT2D eigenvalue weighted by Gasteiger charge is 2.40. The highest BCUT2D eigenvalue weighted by atomic mass is 16.1. The first-order chi connectivity index (χ1) is 7.43. The molecule has 0 aromatic carbocycles. The Labute approximate surface area is 98.6 Å². The molecule has 0 N–H and O–H groups in total. The molecule has 0 bridgehead atoms. The van der Waals surface area contributed by atoms with E-state index in [0.29, 0.717) is 23.0 Å². The molecule has 0 saturated carbocycles. The van der Waals surface area contributed by atoms with Crippen LogP contribution in [-0.2, 0) is 4.79 Å². The van der Waals surface area contributed by atoms with E-state index >= 15 is 0 Å². The van der Waals surface area contributed by atoms with E-state index in [4.69, 9.17) is 0 Å². The third kappa shape index (κ3) is 1.77. The summed E-state index contributed by atoms with van der Waals surface area (Å²) in [4.78, 5) is 11.5. The van der Waals surface area contributed by atoms with E-state index in [0.717, 1.165) is 6.42 Å². The lowest BCUT2D eigenvalue weighted by atomic mass is 9.67. The molecule has 3 atom stereocenters. The van der Waals surface area contributed by atoms with Gasteiger partial charge >= 0.3 is 0 Å². The maximum absolute atomic E-state index is 11.5. The predicted octanol–water partition coefficient (Wildman–Crippen LogP) is 3.76. The first-order valence-corrected chi connectivity index (χ1v) is 6.32. The van der Waals surface area contributed by atoms with Crippen molar-refractivity contribution < 1.29 is 4.79 Å². The Morgan fingerprint density at radius 2 is 2.06 bits per heavy atom. The smallest absolute Gasteiger partial charge is 0.158 e. The van der Waals surface area contributed by atoms with Crippen molar-refractivity contribution in [2.24, 2.45) is 23.2 Å². The van der Waals surface area contributed by atoms with Crippen molar-refractivity contribution in [3.63, 3.8) is 0 Å². The van der Waals surface area contributed by atoms with Gasteiger partial charge in [0, 0.05) is 5.92 Å². The molecule has 2 rings (SSSR count). The molecule has 1 heteroatoms. The number of hydrogen-bond acceptors (Lipinski definition) is 1. The van der Waals surface area contributed by atoms with Crippen LogP contribution in [0.1, 0.15) is 40.5 Å². The van der Waals surface area contributed by atoms with Crippen LogP contribution in [0.4, 0.5) is 0 Å². The summed E-state index contributed by atoms with van der Waals surface area (Å²) in [5, 5.41) is 0. The van der Waals surface area contributed by atoms with E-state index < -0.39 is 0 Å². The average Bonchev–Trinajstić information content (AvgIpc) is 2.47. The second-order valence-corrected chi connectivity index (χ2v) is 6.01. The standard InChI is InChI=1S/C15H22O/c1-10-9-12(6-8-14(10)16)13-7-5-11(2)15(13,3)4/h5-6,8,10,12-13H,7,9H2,1-4H3. The Kier molecular flexibility index (Phi) is 2.81. The summed E-state index contributed by atoms with van der Waals surface area (Å²) in [6.07, 6.45) is 8.54. The summed E-state index contributed by atoms with van der Waals surface area (Å²) in [5.74, 6) is 1.78. The van der Waals surface area contributed by atoms with Crippen LogP contribution in [0, 0.1) is 23.2 Å². The predicted molar refractivity (Wildman–Crippen MR) is 67.1 cm³/mol. The van der Waals surface area contributed by atoms with Crippen molar-refractivity contribution in [3.05, 3.63) is 23.8 Å². The van der Waals surface area contributed by atoms with Gasteiger partial charge in [0.05, 0.1) is 0 Å². The summed E-state index contributed by atoms with van der Waals surface area (Å²) in [7, 11) is 0. The van der Waals surface area contributed by atoms with Crippen LogP contribution in [0.2, 0.25) is 0 Å². The number of allylic oxidation sites excluding steroid dienone is 4. The maximum Gasteiger partial charge on any atom is 0.158 e. The van der Waals surface area contributed by atoms with Gasteiger partial charge in [-0.15, -0.1) is 0 Å². The normalized spacial score (nSPS) is 37.6. The summed E-state index contributed by atoms with van der Waals surface area (Å²) < 4.78 is 0. The summed E-state index contributed by atoms with van der Waals surface area (Å²) in [6, 6.07) is 0. The van der Waals surface area contributed by atoms with E-state index in [2.05, 4.69) is 39.8 Å². The minimum Gasteiger partial charge on any atom is -0.295 e. The van der Waals surface area contributed by atoms with Crippen molar-refractivity contribution in [1.82, 2.24) is 0 Å². The van der Waals surface area contributed by atoms with Gasteiger partial charge in [0.1, 0.15) is 0 Å². The molecule has 0 saturated heterocycles. The fourth-order valence-electron chi connectivity index (χ4n) is 3.15. The van der Waals surface area contributed by atoms with Crippen LogP contribution in [0.15, 0.2) is 23.8 Å². The van der Waals surface area contributed by atoms with Crippen LogP contribution < -0.4 is 0 Å². The monoisotopic (exact) mass is 218 g/mol. The van der Waals surface area contributed by atoms with E-state index in [9.17, 15) is 4.79 Å². The Balaban J connectivity index is 2.17. The SMILES string of the molecule is CC1=CCC(C2C=CC(=O)C(C)C2)C1(C)C. The van der Waals surface area contributed by atoms with Crippen LogP contribution >= 0.6 is 0 Å². The molecule has 0 aromatic rings. The van der Waals surface area contributed by atoms with E-state index in [1.54, 1.807) is 0 Å². The first-order valence-electron chi connectivity index (χ1n) is 6.32. The van der Waals surface area contributed by atoms with Gasteiger partial charge < -0.3 is 0 Å². The van der Waals surface area contributed by atoms with Crippen molar-refractivity contribution in [2.75, 3.05) is 0 Å². The summed E-state index contributed by atoms with van der Waals surface area (Å²) >= 11 is 0. The molecule has 0 aliphatic heterocycles. The molecule has 0 amide bonds. The molecule has 0 fully saturated rings. The van der Waals surface area contributed by atoms with Gasteiger partial charge in [-0.05, 0) is 43.1 Å². The Morgan fingerprint density at radius 3 is 2.56 bits per heavy atom. The average molecular weight is 218 g/mol. The van der Waals surface area contributed by atoms with Crippen molar-refractivity contribution in [3.8, 4) is 0 Å². The van der Waals surface area contributed by atoms with Gasteiger partial charge in [-0.2, -0.15) is 0 Å². The molecule has 2 aliphatic carbocycles. The van der Waals surface area contributed by atoms with Crippen molar-refractivity contribution in [2.45, 2.75) is 40.5 Å². The van der Waals surface area contributed by atoms with E-state index in [-0.39, 0.29) is 5.92 Å². The summed E-state index contributed by atoms with van der Waals surface area (Å²) in [5.41, 5.74) is 1.81. The van der Waals surface area contributed by atoms with Gasteiger partial charge in [0.2, 0.25) is 0 Å². The highest BCUT2D eigenvalue weighted by molar-refractivity contribution is 5.92. The van der Waals surface area contributed by atoms with Crippen molar-refractivity contribution >= 4 is 5.78 Å². The van der Waals surface area contributed by atoms with Gasteiger partial charge in [-0.3, -0.25) is 4.79 Å². The Morgan fingerprint density at radius 1 is 1.38 bits per heavy atom. The highest BCUT2D eigenvalue weighted by Crippen LogP contribution is 2.49. The zero-order valence-corrected chi connectivity index (χ0v) is 10.8. The zero-order valence-electron chi connectivity index (χ0n) is 10.8. The fraction of sp³-hybridized carbons (Fsp3) is 0.667. The number of ketones is 1. The molecule has 0 radical (unpaired) electrons. The lowest BCUT2D eigenvalue weighted by Crippen LogP contribution is -2.31. The van der Waals surface area contributed by atoms with Crippen LogP contribution in [0.25, 0.3) is 0 Å². The Bertz CT molecular complexity index is 360. The topological polar surface area (TPSA) is 17.1 Å². The Hall–Kier alpha value is -0.850. The molecular formula is C15H22O. The molecule has 0 heterocycles. The number of hydrogen-bond donors (Lipinski definition) is 0. The van der Waals surface area contributed by atoms with Crippen LogP contribution in [0.3, 0.4) is 0 Å². The second-order valence-electron chi connectivity index (χ2n) is 6.01. The van der Waals surface area contributed by atoms with Gasteiger partial charge in [-0.25, -0.2) is 0 Å². The minimum absolute atomic E-state index is 0.215. The molecule has 0 aromatic heterocycles. The van der Waals surface area contributed by atoms with E-state index in [1.165, 1.54) is 12.0 Å². The quantitative estimate of drug-likeness (QED) is 0.612. The van der Waals surface area contributed by atoms with Gasteiger partial charge in [0.15, 0.2) is 5.78 Å². The van der Waals surface area contributed by atoms with Crippen LogP contribution in [0.5, 0.6) is 0 Å². The van der Waals surface area contributed by atoms with Gasteiger partial charge in [0.25, 0.3) is 0 Å². The second kappa shape index (κ2) is 3.87. The molecule has 88 valence electrons. The first kappa shape index (κ1) is 11.6. The van der Waals surface area contributed by atoms with Crippen LogP contribution in [-0.4, -0.2) is 5.78 Å². The third-order valence-electron chi connectivity index (χ3n) is 4.76. The number of rotatable bonds is 1. The number of carbonyl (C=O) groups excluding carboxylic acids is 1. The molecule has 0 spiro atoms. The molecule has 3 unspecified atom stereocenters. The lowest BCUT2D eigenvalue weighted by molar-refractivity contribution is -0.118. The molecule has 1 nitrogen and oxygen atoms in total.